The molecule has 3 nitrogen and oxygen atoms in total. The summed E-state index contributed by atoms with van der Waals surface area (Å²) >= 11 is 6.22. The molecule has 0 aliphatic rings. The number of rotatable bonds is 6. The molecule has 0 spiro atoms. The second kappa shape index (κ2) is 7.36. The predicted octanol–water partition coefficient (Wildman–Crippen LogP) is 3.72. The first kappa shape index (κ1) is 14.9. The van der Waals surface area contributed by atoms with Gasteiger partial charge in [-0.3, -0.25) is 9.97 Å². The maximum absolute atomic E-state index is 6.22. The van der Waals surface area contributed by atoms with E-state index < -0.39 is 0 Å². The highest BCUT2D eigenvalue weighted by Gasteiger charge is 2.13. The molecular formula is C16H20ClN3. The van der Waals surface area contributed by atoms with Gasteiger partial charge in [0.2, 0.25) is 0 Å². The van der Waals surface area contributed by atoms with Gasteiger partial charge in [0.15, 0.2) is 0 Å². The first-order valence-electron chi connectivity index (χ1n) is 6.95. The number of hydrogen-bond acceptors (Lipinski definition) is 3. The van der Waals surface area contributed by atoms with E-state index in [1.54, 1.807) is 12.4 Å². The van der Waals surface area contributed by atoms with Crippen LogP contribution in [0.25, 0.3) is 0 Å². The molecule has 4 heteroatoms. The molecule has 1 atom stereocenters. The van der Waals surface area contributed by atoms with E-state index in [0.717, 1.165) is 35.7 Å². The maximum atomic E-state index is 6.22. The summed E-state index contributed by atoms with van der Waals surface area (Å²) in [6.07, 6.45) is 7.30. The second-order valence-electron chi connectivity index (χ2n) is 4.91. The van der Waals surface area contributed by atoms with Crippen molar-refractivity contribution in [3.63, 3.8) is 0 Å². The summed E-state index contributed by atoms with van der Waals surface area (Å²) in [5, 5.41) is 4.31. The van der Waals surface area contributed by atoms with Gasteiger partial charge in [-0.1, -0.05) is 18.5 Å². The molecule has 0 bridgehead atoms. The summed E-state index contributed by atoms with van der Waals surface area (Å²) in [5.74, 6) is 0. The van der Waals surface area contributed by atoms with Crippen LogP contribution in [0.1, 0.15) is 36.2 Å². The van der Waals surface area contributed by atoms with Gasteiger partial charge in [-0.05, 0) is 55.6 Å². The van der Waals surface area contributed by atoms with Gasteiger partial charge in [-0.2, -0.15) is 0 Å². The van der Waals surface area contributed by atoms with Gasteiger partial charge in [0.25, 0.3) is 0 Å². The second-order valence-corrected chi connectivity index (χ2v) is 5.32. The minimum atomic E-state index is 0.247. The highest BCUT2D eigenvalue weighted by Crippen LogP contribution is 2.23. The average molecular weight is 290 g/mol. The van der Waals surface area contributed by atoms with Crippen LogP contribution in [0.15, 0.2) is 36.8 Å². The lowest BCUT2D eigenvalue weighted by Gasteiger charge is -2.20. The largest absolute Gasteiger partial charge is 0.310 e. The third kappa shape index (κ3) is 4.02. The van der Waals surface area contributed by atoms with Crippen LogP contribution >= 0.6 is 11.6 Å². The van der Waals surface area contributed by atoms with E-state index in [1.807, 2.05) is 19.2 Å². The van der Waals surface area contributed by atoms with Crippen molar-refractivity contribution < 1.29 is 0 Å². The molecule has 2 rings (SSSR count). The van der Waals surface area contributed by atoms with E-state index >= 15 is 0 Å². The number of halogens is 1. The molecule has 1 unspecified atom stereocenters. The van der Waals surface area contributed by atoms with Crippen molar-refractivity contribution in [1.82, 2.24) is 15.3 Å². The monoisotopic (exact) mass is 289 g/mol. The SMILES string of the molecule is CCCNC(Cc1ccncc1Cl)c1ccnc(C)c1. The standard InChI is InChI=1S/C16H20ClN3/c1-3-6-20-16(14-5-8-19-12(2)9-14)10-13-4-7-18-11-15(13)17/h4-5,7-9,11,16,20H,3,6,10H2,1-2H3. The Kier molecular flexibility index (Phi) is 5.50. The fourth-order valence-corrected chi connectivity index (χ4v) is 2.40. The summed E-state index contributed by atoms with van der Waals surface area (Å²) in [6, 6.07) is 6.42. The molecule has 0 radical (unpaired) electrons. The van der Waals surface area contributed by atoms with Gasteiger partial charge in [0, 0.05) is 30.3 Å². The predicted molar refractivity (Wildman–Crippen MR) is 83.0 cm³/mol. The molecule has 0 aliphatic carbocycles. The van der Waals surface area contributed by atoms with Crippen molar-refractivity contribution in [1.29, 1.82) is 0 Å². The molecule has 2 heterocycles. The van der Waals surface area contributed by atoms with Crippen molar-refractivity contribution in [2.24, 2.45) is 0 Å². The summed E-state index contributed by atoms with van der Waals surface area (Å²) < 4.78 is 0. The normalized spacial score (nSPS) is 12.3. The minimum absolute atomic E-state index is 0.247. The topological polar surface area (TPSA) is 37.8 Å². The lowest BCUT2D eigenvalue weighted by molar-refractivity contribution is 0.528. The van der Waals surface area contributed by atoms with Crippen LogP contribution in [0, 0.1) is 6.92 Å². The summed E-state index contributed by atoms with van der Waals surface area (Å²) in [7, 11) is 0. The van der Waals surface area contributed by atoms with E-state index in [9.17, 15) is 0 Å². The summed E-state index contributed by atoms with van der Waals surface area (Å²) in [5.41, 5.74) is 3.40. The fraction of sp³-hybridized carbons (Fsp3) is 0.375. The Morgan fingerprint density at radius 1 is 1.30 bits per heavy atom. The number of aryl methyl sites for hydroxylation is 1. The number of pyridine rings is 2. The van der Waals surface area contributed by atoms with Gasteiger partial charge < -0.3 is 5.32 Å². The van der Waals surface area contributed by atoms with Gasteiger partial charge in [-0.25, -0.2) is 0 Å². The van der Waals surface area contributed by atoms with Crippen LogP contribution in [0.4, 0.5) is 0 Å². The molecule has 1 N–H and O–H groups in total. The first-order chi connectivity index (χ1) is 9.70. The van der Waals surface area contributed by atoms with Crippen LogP contribution in [-0.2, 0) is 6.42 Å². The van der Waals surface area contributed by atoms with Crippen LogP contribution in [0.5, 0.6) is 0 Å². The third-order valence-electron chi connectivity index (χ3n) is 3.24. The Morgan fingerprint density at radius 3 is 2.85 bits per heavy atom. The van der Waals surface area contributed by atoms with Crippen molar-refractivity contribution in [3.05, 3.63) is 58.6 Å². The minimum Gasteiger partial charge on any atom is -0.310 e. The van der Waals surface area contributed by atoms with Crippen molar-refractivity contribution >= 4 is 11.6 Å². The van der Waals surface area contributed by atoms with E-state index in [4.69, 9.17) is 11.6 Å². The van der Waals surface area contributed by atoms with Crippen LogP contribution in [-0.4, -0.2) is 16.5 Å². The smallest absolute Gasteiger partial charge is 0.0622 e. The molecule has 0 saturated carbocycles. The number of aromatic nitrogens is 2. The van der Waals surface area contributed by atoms with Crippen LogP contribution in [0.3, 0.4) is 0 Å². The molecule has 0 aromatic carbocycles. The molecule has 2 aromatic heterocycles. The van der Waals surface area contributed by atoms with Crippen molar-refractivity contribution in [2.45, 2.75) is 32.7 Å². The average Bonchev–Trinajstić information content (AvgIpc) is 2.45. The molecule has 2 aromatic rings. The molecule has 106 valence electrons. The summed E-state index contributed by atoms with van der Waals surface area (Å²) in [6.45, 7) is 5.16. The molecule has 20 heavy (non-hydrogen) atoms. The van der Waals surface area contributed by atoms with Gasteiger partial charge in [0.05, 0.1) is 5.02 Å². The van der Waals surface area contributed by atoms with E-state index in [0.29, 0.717) is 0 Å². The molecule has 0 saturated heterocycles. The van der Waals surface area contributed by atoms with E-state index in [2.05, 4.69) is 34.3 Å². The molecule has 0 aliphatic heterocycles. The van der Waals surface area contributed by atoms with Gasteiger partial charge >= 0.3 is 0 Å². The quantitative estimate of drug-likeness (QED) is 0.881. The Balaban J connectivity index is 2.21. The number of nitrogens with one attached hydrogen (secondary N) is 1. The molecule has 0 amide bonds. The van der Waals surface area contributed by atoms with E-state index in [-0.39, 0.29) is 6.04 Å². The maximum Gasteiger partial charge on any atom is 0.0622 e. The third-order valence-corrected chi connectivity index (χ3v) is 3.58. The zero-order valence-electron chi connectivity index (χ0n) is 11.9. The molecular weight excluding hydrogens is 270 g/mol. The van der Waals surface area contributed by atoms with Gasteiger partial charge in [0.1, 0.15) is 0 Å². The lowest BCUT2D eigenvalue weighted by Crippen LogP contribution is -2.24. The number of nitrogens with zero attached hydrogens (tertiary/aromatic N) is 2. The summed E-state index contributed by atoms with van der Waals surface area (Å²) in [4.78, 5) is 8.30. The Hall–Kier alpha value is -1.45. The highest BCUT2D eigenvalue weighted by molar-refractivity contribution is 6.31. The van der Waals surface area contributed by atoms with E-state index in [1.165, 1.54) is 5.56 Å². The molecule has 0 fully saturated rings. The zero-order chi connectivity index (χ0) is 14.4. The fourth-order valence-electron chi connectivity index (χ4n) is 2.20. The highest BCUT2D eigenvalue weighted by atomic mass is 35.5. The van der Waals surface area contributed by atoms with Crippen LogP contribution in [0.2, 0.25) is 5.02 Å². The Morgan fingerprint density at radius 2 is 2.15 bits per heavy atom. The first-order valence-corrected chi connectivity index (χ1v) is 7.33. The van der Waals surface area contributed by atoms with Gasteiger partial charge in [-0.15, -0.1) is 0 Å². The number of hydrogen-bond donors (Lipinski definition) is 1. The van der Waals surface area contributed by atoms with Crippen molar-refractivity contribution in [2.75, 3.05) is 6.54 Å². The Bertz CT molecular complexity index is 557. The zero-order valence-corrected chi connectivity index (χ0v) is 12.7. The lowest BCUT2D eigenvalue weighted by atomic mass is 9.99. The van der Waals surface area contributed by atoms with Crippen LogP contribution < -0.4 is 5.32 Å². The van der Waals surface area contributed by atoms with Crippen molar-refractivity contribution in [3.8, 4) is 0 Å². The Labute approximate surface area is 125 Å².